The summed E-state index contributed by atoms with van der Waals surface area (Å²) >= 11 is 0. The number of benzene rings is 3. The predicted molar refractivity (Wildman–Crippen MR) is 120 cm³/mol. The molecule has 30 heavy (non-hydrogen) atoms. The van der Waals surface area contributed by atoms with E-state index in [0.29, 0.717) is 12.4 Å². The number of rotatable bonds is 8. The van der Waals surface area contributed by atoms with Gasteiger partial charge in [-0.25, -0.2) is 4.79 Å². The molecule has 1 amide bonds. The molecule has 156 valence electrons. The van der Waals surface area contributed by atoms with Crippen LogP contribution in [-0.2, 0) is 13.0 Å². The van der Waals surface area contributed by atoms with Crippen LogP contribution in [0.25, 0.3) is 0 Å². The molecule has 0 radical (unpaired) electrons. The molecule has 0 spiro atoms. The molecule has 0 N–H and O–H groups in total. The van der Waals surface area contributed by atoms with Gasteiger partial charge >= 0.3 is 6.09 Å². The monoisotopic (exact) mass is 404 g/mol. The number of ether oxygens (including phenoxy) is 2. The highest BCUT2D eigenvalue weighted by atomic mass is 16.6. The molecule has 5 nitrogen and oxygen atoms in total. The van der Waals surface area contributed by atoms with Crippen molar-refractivity contribution in [3.05, 3.63) is 90.0 Å². The lowest BCUT2D eigenvalue weighted by molar-refractivity contribution is 0.209. The van der Waals surface area contributed by atoms with Crippen molar-refractivity contribution < 1.29 is 14.3 Å². The van der Waals surface area contributed by atoms with Gasteiger partial charge in [-0.05, 0) is 68.0 Å². The number of carbonyl (C=O) groups excluding carboxylic acids is 1. The number of carbonyl (C=O) groups is 1. The van der Waals surface area contributed by atoms with Crippen LogP contribution in [0.3, 0.4) is 0 Å². The molecule has 0 heterocycles. The first-order chi connectivity index (χ1) is 14.5. The fraction of sp³-hybridized carbons (Fsp3) is 0.240. The van der Waals surface area contributed by atoms with Gasteiger partial charge in [0.2, 0.25) is 0 Å². The van der Waals surface area contributed by atoms with Crippen molar-refractivity contribution in [1.82, 2.24) is 4.90 Å². The van der Waals surface area contributed by atoms with Crippen LogP contribution in [0.2, 0.25) is 0 Å². The van der Waals surface area contributed by atoms with E-state index in [9.17, 15) is 4.79 Å². The second kappa shape index (κ2) is 10.5. The van der Waals surface area contributed by atoms with E-state index in [1.54, 1.807) is 19.2 Å². The van der Waals surface area contributed by atoms with Gasteiger partial charge in [0.05, 0.1) is 0 Å². The highest BCUT2D eigenvalue weighted by Crippen LogP contribution is 2.19. The van der Waals surface area contributed by atoms with E-state index in [2.05, 4.69) is 31.1 Å². The lowest BCUT2D eigenvalue weighted by Gasteiger charge is -2.16. The standard InChI is InChI=1S/C25H28N2O3/c1-26(2)18-17-20-9-13-23(14-10-20)29-19-21-11-15-24(16-12-21)30-25(28)27(3)22-7-5-4-6-8-22/h4-16H,17-19H2,1-3H3. The number of amides is 1. The molecule has 3 aromatic carbocycles. The minimum Gasteiger partial charge on any atom is -0.489 e. The number of likely N-dealkylation sites (N-methyl/N-ethyl adjacent to an activating group) is 1. The molecule has 0 saturated carbocycles. The van der Waals surface area contributed by atoms with Crippen LogP contribution in [0.15, 0.2) is 78.9 Å². The fourth-order valence-corrected chi connectivity index (χ4v) is 2.85. The summed E-state index contributed by atoms with van der Waals surface area (Å²) in [5.74, 6) is 1.33. The van der Waals surface area contributed by atoms with E-state index in [-0.39, 0.29) is 0 Å². The Morgan fingerprint density at radius 3 is 2.00 bits per heavy atom. The zero-order valence-electron chi connectivity index (χ0n) is 17.7. The second-order valence-corrected chi connectivity index (χ2v) is 7.39. The van der Waals surface area contributed by atoms with Gasteiger partial charge in [-0.15, -0.1) is 0 Å². The number of anilines is 1. The minimum atomic E-state index is -0.431. The van der Waals surface area contributed by atoms with Crippen LogP contribution in [0.4, 0.5) is 10.5 Å². The van der Waals surface area contributed by atoms with Gasteiger partial charge in [0, 0.05) is 19.3 Å². The summed E-state index contributed by atoms with van der Waals surface area (Å²) in [4.78, 5) is 15.9. The predicted octanol–water partition coefficient (Wildman–Crippen LogP) is 5.00. The van der Waals surface area contributed by atoms with Crippen LogP contribution >= 0.6 is 0 Å². The zero-order valence-corrected chi connectivity index (χ0v) is 17.7. The number of nitrogens with zero attached hydrogens (tertiary/aromatic N) is 2. The van der Waals surface area contributed by atoms with Crippen molar-refractivity contribution in [1.29, 1.82) is 0 Å². The Bertz CT molecular complexity index is 923. The van der Waals surface area contributed by atoms with E-state index in [4.69, 9.17) is 9.47 Å². The zero-order chi connectivity index (χ0) is 21.3. The third-order valence-electron chi connectivity index (χ3n) is 4.72. The largest absolute Gasteiger partial charge is 0.489 e. The highest BCUT2D eigenvalue weighted by Gasteiger charge is 2.13. The Kier molecular flexibility index (Phi) is 7.46. The van der Waals surface area contributed by atoms with Gasteiger partial charge in [-0.3, -0.25) is 4.90 Å². The van der Waals surface area contributed by atoms with E-state index in [0.717, 1.165) is 30.0 Å². The van der Waals surface area contributed by atoms with Crippen LogP contribution < -0.4 is 14.4 Å². The second-order valence-electron chi connectivity index (χ2n) is 7.39. The smallest absolute Gasteiger partial charge is 0.419 e. The molecule has 0 aliphatic carbocycles. The maximum Gasteiger partial charge on any atom is 0.419 e. The average molecular weight is 405 g/mol. The molecule has 0 bridgehead atoms. The summed E-state index contributed by atoms with van der Waals surface area (Å²) in [6.07, 6.45) is 0.590. The topological polar surface area (TPSA) is 42.0 Å². The molecule has 0 aliphatic rings. The Morgan fingerprint density at radius 2 is 1.37 bits per heavy atom. The normalized spacial score (nSPS) is 10.7. The van der Waals surface area contributed by atoms with E-state index >= 15 is 0 Å². The summed E-state index contributed by atoms with van der Waals surface area (Å²) < 4.78 is 11.3. The summed E-state index contributed by atoms with van der Waals surface area (Å²) in [5, 5.41) is 0. The molecule has 0 atom stereocenters. The molecule has 0 aromatic heterocycles. The van der Waals surface area contributed by atoms with Gasteiger partial charge in [-0.1, -0.05) is 42.5 Å². The van der Waals surface area contributed by atoms with Gasteiger partial charge in [0.1, 0.15) is 18.1 Å². The third-order valence-corrected chi connectivity index (χ3v) is 4.72. The van der Waals surface area contributed by atoms with Crippen molar-refractivity contribution in [2.45, 2.75) is 13.0 Å². The molecule has 0 aliphatic heterocycles. The van der Waals surface area contributed by atoms with Crippen molar-refractivity contribution in [3.8, 4) is 11.5 Å². The Morgan fingerprint density at radius 1 is 0.767 bits per heavy atom. The third kappa shape index (κ3) is 6.36. The number of hydrogen-bond donors (Lipinski definition) is 0. The molecule has 5 heteroatoms. The summed E-state index contributed by atoms with van der Waals surface area (Å²) in [5.41, 5.74) is 3.07. The van der Waals surface area contributed by atoms with E-state index in [1.807, 2.05) is 54.6 Å². The van der Waals surface area contributed by atoms with E-state index < -0.39 is 6.09 Å². The molecular weight excluding hydrogens is 376 g/mol. The number of hydrogen-bond acceptors (Lipinski definition) is 4. The van der Waals surface area contributed by atoms with Gasteiger partial charge in [0.25, 0.3) is 0 Å². The van der Waals surface area contributed by atoms with Crippen molar-refractivity contribution in [3.63, 3.8) is 0 Å². The van der Waals surface area contributed by atoms with Crippen LogP contribution in [0, 0.1) is 0 Å². The Hall–Kier alpha value is -3.31. The SMILES string of the molecule is CN(C)CCc1ccc(OCc2ccc(OC(=O)N(C)c3ccccc3)cc2)cc1. The average Bonchev–Trinajstić information content (AvgIpc) is 2.78. The maximum atomic E-state index is 12.3. The van der Waals surface area contributed by atoms with Crippen LogP contribution in [-0.4, -0.2) is 38.7 Å². The van der Waals surface area contributed by atoms with Crippen LogP contribution in [0.5, 0.6) is 11.5 Å². The summed E-state index contributed by atoms with van der Waals surface area (Å²) in [6, 6.07) is 24.9. The van der Waals surface area contributed by atoms with Crippen molar-refractivity contribution in [2.75, 3.05) is 32.6 Å². The molecule has 0 saturated heterocycles. The Labute approximate surface area is 178 Å². The first-order valence-electron chi connectivity index (χ1n) is 9.97. The first-order valence-corrected chi connectivity index (χ1v) is 9.97. The molecule has 0 fully saturated rings. The quantitative estimate of drug-likeness (QED) is 0.530. The summed E-state index contributed by atoms with van der Waals surface area (Å²) in [7, 11) is 5.84. The van der Waals surface area contributed by atoms with Crippen molar-refractivity contribution in [2.24, 2.45) is 0 Å². The lowest BCUT2D eigenvalue weighted by atomic mass is 10.1. The summed E-state index contributed by atoms with van der Waals surface area (Å²) in [6.45, 7) is 1.48. The molecular formula is C25H28N2O3. The van der Waals surface area contributed by atoms with E-state index in [1.165, 1.54) is 10.5 Å². The van der Waals surface area contributed by atoms with Gasteiger partial charge in [-0.2, -0.15) is 0 Å². The number of para-hydroxylation sites is 1. The van der Waals surface area contributed by atoms with Crippen molar-refractivity contribution >= 4 is 11.8 Å². The first kappa shape index (κ1) is 21.4. The highest BCUT2D eigenvalue weighted by molar-refractivity contribution is 5.88. The van der Waals surface area contributed by atoms with Gasteiger partial charge in [0.15, 0.2) is 0 Å². The lowest BCUT2D eigenvalue weighted by Crippen LogP contribution is -2.29. The maximum absolute atomic E-state index is 12.3. The van der Waals surface area contributed by atoms with Crippen LogP contribution in [0.1, 0.15) is 11.1 Å². The molecule has 3 aromatic rings. The Balaban J connectivity index is 1.49. The molecule has 0 unspecified atom stereocenters. The fourth-order valence-electron chi connectivity index (χ4n) is 2.85. The minimum absolute atomic E-state index is 0.431. The van der Waals surface area contributed by atoms with Gasteiger partial charge < -0.3 is 14.4 Å². The molecule has 3 rings (SSSR count).